The topological polar surface area (TPSA) is 209 Å². The van der Waals surface area contributed by atoms with E-state index in [1.807, 2.05) is 25.1 Å². The summed E-state index contributed by atoms with van der Waals surface area (Å²) in [6.07, 6.45) is 13.9. The molecule has 338 valence electrons. The molecule has 0 aliphatic heterocycles. The molecule has 3 N–H and O–H groups in total. The highest BCUT2D eigenvalue weighted by Gasteiger charge is 2.32. The van der Waals surface area contributed by atoms with Crippen LogP contribution >= 0.6 is 0 Å². The number of carboxylic acids is 2. The Morgan fingerprint density at radius 2 is 1.22 bits per heavy atom. The quantitative estimate of drug-likeness (QED) is 0.0264. The van der Waals surface area contributed by atoms with E-state index in [9.17, 15) is 39.3 Å². The van der Waals surface area contributed by atoms with Crippen molar-refractivity contribution in [1.82, 2.24) is 4.98 Å². The summed E-state index contributed by atoms with van der Waals surface area (Å²) in [6.45, 7) is 4.52. The molecule has 1 unspecified atom stereocenters. The number of phenolic OH excluding ortho intramolecular Hbond substituents is 1. The van der Waals surface area contributed by atoms with E-state index in [2.05, 4.69) is 11.9 Å². The molecule has 0 amide bonds. The molecule has 0 saturated heterocycles. The summed E-state index contributed by atoms with van der Waals surface area (Å²) in [5.41, 5.74) is 2.24. The molecule has 0 radical (unpaired) electrons. The number of aromatic hydroxyl groups is 1. The van der Waals surface area contributed by atoms with Crippen LogP contribution in [0.5, 0.6) is 17.6 Å². The van der Waals surface area contributed by atoms with Crippen LogP contribution in [0.15, 0.2) is 88.1 Å². The molecular formula is C49H59NO13. The van der Waals surface area contributed by atoms with Gasteiger partial charge in [-0.3, -0.25) is 9.59 Å². The van der Waals surface area contributed by atoms with Gasteiger partial charge in [-0.2, -0.15) is 4.98 Å². The monoisotopic (exact) mass is 869 g/mol. The molecule has 14 heteroatoms. The van der Waals surface area contributed by atoms with Gasteiger partial charge >= 0.3 is 35.6 Å². The van der Waals surface area contributed by atoms with E-state index in [1.54, 1.807) is 24.3 Å². The maximum Gasteiger partial charge on any atom is 0.397 e. The molecule has 3 aromatic carbocycles. The first-order valence-electron chi connectivity index (χ1n) is 21.7. The van der Waals surface area contributed by atoms with Crippen molar-refractivity contribution in [2.45, 2.75) is 128 Å². The number of rotatable bonds is 29. The van der Waals surface area contributed by atoms with Crippen LogP contribution in [0.4, 0.5) is 0 Å². The largest absolute Gasteiger partial charge is 0.508 e. The maximum absolute atomic E-state index is 12.9. The van der Waals surface area contributed by atoms with Gasteiger partial charge in [0.25, 0.3) is 0 Å². The number of hydrogen-bond donors (Lipinski definition) is 3. The molecular weight excluding hydrogens is 811 g/mol. The molecule has 1 heterocycles. The van der Waals surface area contributed by atoms with Crippen LogP contribution in [0.25, 0.3) is 23.1 Å². The average molecular weight is 870 g/mol. The van der Waals surface area contributed by atoms with Gasteiger partial charge in [-0.25, -0.2) is 14.4 Å². The van der Waals surface area contributed by atoms with E-state index in [-0.39, 0.29) is 17.9 Å². The van der Waals surface area contributed by atoms with Crippen LogP contribution in [-0.4, -0.2) is 69.1 Å². The highest BCUT2D eigenvalue weighted by atomic mass is 16.6. The van der Waals surface area contributed by atoms with Gasteiger partial charge in [0, 0.05) is 12.2 Å². The predicted molar refractivity (Wildman–Crippen MR) is 238 cm³/mol. The van der Waals surface area contributed by atoms with Crippen molar-refractivity contribution in [2.75, 3.05) is 6.61 Å². The van der Waals surface area contributed by atoms with Gasteiger partial charge in [0.05, 0.1) is 36.5 Å². The predicted octanol–water partition coefficient (Wildman–Crippen LogP) is 9.62. The van der Waals surface area contributed by atoms with E-state index in [1.165, 1.54) is 55.7 Å². The molecule has 0 fully saturated rings. The Kier molecular flexibility index (Phi) is 20.9. The molecule has 1 aromatic heterocycles. The summed E-state index contributed by atoms with van der Waals surface area (Å²) in [4.78, 5) is 65.3. The Labute approximate surface area is 367 Å². The first kappa shape index (κ1) is 49.2. The summed E-state index contributed by atoms with van der Waals surface area (Å²) in [6, 6.07) is 18.5. The van der Waals surface area contributed by atoms with Crippen molar-refractivity contribution < 1.29 is 57.9 Å². The number of carboxylic acid groups (broad SMARTS) is 2. The number of aliphatic carboxylic acids is 2. The Hall–Kier alpha value is -6.44. The number of ether oxygens (including phenoxy) is 4. The van der Waals surface area contributed by atoms with E-state index < -0.39 is 54.6 Å². The summed E-state index contributed by atoms with van der Waals surface area (Å²) in [7, 11) is 0. The summed E-state index contributed by atoms with van der Waals surface area (Å²) < 4.78 is 27.9. The van der Waals surface area contributed by atoms with Crippen molar-refractivity contribution in [3.05, 3.63) is 106 Å². The number of aromatic nitrogens is 1. The van der Waals surface area contributed by atoms with Crippen LogP contribution in [0.3, 0.4) is 0 Å². The zero-order valence-electron chi connectivity index (χ0n) is 36.1. The van der Waals surface area contributed by atoms with Crippen molar-refractivity contribution in [1.29, 1.82) is 0 Å². The molecule has 4 rings (SSSR count). The number of carbonyl (C=O) groups is 4. The molecule has 3 atom stereocenters. The minimum Gasteiger partial charge on any atom is -0.508 e. The average Bonchev–Trinajstić information content (AvgIpc) is 3.24. The first-order chi connectivity index (χ1) is 30.4. The molecule has 0 bridgehead atoms. The van der Waals surface area contributed by atoms with Crippen molar-refractivity contribution >= 4 is 46.9 Å². The number of benzene rings is 3. The zero-order valence-corrected chi connectivity index (χ0v) is 36.1. The van der Waals surface area contributed by atoms with Gasteiger partial charge in [-0.1, -0.05) is 94.2 Å². The fourth-order valence-corrected chi connectivity index (χ4v) is 6.79. The summed E-state index contributed by atoms with van der Waals surface area (Å²) in [5.74, 6) is -3.99. The molecule has 0 saturated carbocycles. The lowest BCUT2D eigenvalue weighted by Gasteiger charge is -2.24. The Morgan fingerprint density at radius 1 is 0.698 bits per heavy atom. The molecule has 0 aliphatic carbocycles. The summed E-state index contributed by atoms with van der Waals surface area (Å²) >= 11 is 0. The number of unbranched alkanes of at least 4 members (excludes halogenated alkanes) is 9. The third-order valence-corrected chi connectivity index (χ3v) is 10.1. The maximum atomic E-state index is 12.9. The number of phenols is 1. The molecule has 14 nitrogen and oxygen atoms in total. The van der Waals surface area contributed by atoms with Gasteiger partial charge in [-0.05, 0) is 98.7 Å². The van der Waals surface area contributed by atoms with Crippen LogP contribution in [0.1, 0.15) is 120 Å². The van der Waals surface area contributed by atoms with E-state index in [0.717, 1.165) is 81.9 Å². The Morgan fingerprint density at radius 3 is 1.78 bits per heavy atom. The molecule has 0 spiro atoms. The van der Waals surface area contributed by atoms with Crippen LogP contribution in [0.2, 0.25) is 0 Å². The van der Waals surface area contributed by atoms with E-state index >= 15 is 0 Å². The van der Waals surface area contributed by atoms with Crippen LogP contribution in [-0.2, 0) is 28.7 Å². The number of hydrogen-bond acceptors (Lipinski definition) is 12. The smallest absolute Gasteiger partial charge is 0.397 e. The van der Waals surface area contributed by atoms with Gasteiger partial charge in [0.15, 0.2) is 0 Å². The van der Waals surface area contributed by atoms with Crippen molar-refractivity contribution in [3.8, 4) is 17.6 Å². The summed E-state index contributed by atoms with van der Waals surface area (Å²) in [5, 5.41) is 28.8. The van der Waals surface area contributed by atoms with E-state index in [0.29, 0.717) is 34.4 Å². The lowest BCUT2D eigenvalue weighted by atomic mass is 10.0. The molecule has 4 aromatic rings. The number of nitrogens with zero attached hydrogens (tertiary/aromatic N) is 1. The molecule has 63 heavy (non-hydrogen) atoms. The second kappa shape index (κ2) is 26.8. The van der Waals surface area contributed by atoms with Gasteiger partial charge in [0.1, 0.15) is 23.7 Å². The van der Waals surface area contributed by atoms with Crippen molar-refractivity contribution in [2.24, 2.45) is 0 Å². The standard InChI is InChI=1S/C49H59NO13/c1-3-4-5-8-11-14-38(15-12-9-6-7-10-13-30-59-49-50-41-27-16-34(2)31-40(41)48(58)63-49)60-39-25-19-36(20-26-39)22-29-47(57)62-43(33-45(54)55)42(32-44(52)53)61-46(56)28-21-35-17-23-37(51)24-18-35/h16-29,31,38,42-43,51H,3-15,30,32-33H2,1-2H3,(H,52,53)(H,54,55)/b28-21+,29-22+/t38?,42-,43-/m0/s1. The van der Waals surface area contributed by atoms with Gasteiger partial charge < -0.3 is 38.7 Å². The minimum absolute atomic E-state index is 0.00284. The fourth-order valence-electron chi connectivity index (χ4n) is 6.79. The van der Waals surface area contributed by atoms with Crippen molar-refractivity contribution in [3.63, 3.8) is 0 Å². The number of esters is 2. The van der Waals surface area contributed by atoms with E-state index in [4.69, 9.17) is 23.4 Å². The van der Waals surface area contributed by atoms with Gasteiger partial charge in [0.2, 0.25) is 0 Å². The number of fused-ring (bicyclic) bond motifs is 1. The fraction of sp³-hybridized carbons (Fsp3) is 0.429. The highest BCUT2D eigenvalue weighted by molar-refractivity contribution is 5.88. The third kappa shape index (κ3) is 19.0. The third-order valence-electron chi connectivity index (χ3n) is 10.1. The van der Waals surface area contributed by atoms with Crippen LogP contribution in [0, 0.1) is 6.92 Å². The van der Waals surface area contributed by atoms with Crippen LogP contribution < -0.4 is 15.1 Å². The second-order valence-electron chi connectivity index (χ2n) is 15.5. The zero-order chi connectivity index (χ0) is 45.4. The number of carbonyl (C=O) groups excluding carboxylic acids is 2. The Bertz CT molecular complexity index is 2180. The lowest BCUT2D eigenvalue weighted by molar-refractivity contribution is -0.169. The lowest BCUT2D eigenvalue weighted by Crippen LogP contribution is -2.38. The normalized spacial score (nSPS) is 12.9. The highest BCUT2D eigenvalue weighted by Crippen LogP contribution is 2.23. The van der Waals surface area contributed by atoms with Gasteiger partial charge in [-0.15, -0.1) is 0 Å². The number of aryl methyl sites for hydroxylation is 1. The molecule has 0 aliphatic rings. The SMILES string of the molecule is CCCCCCCC(CCCCCCCCOc1nc2ccc(C)cc2c(=O)o1)Oc1ccc(/C=C/C(=O)O[C@@H](CC(=O)O)[C@H](CC(=O)O)OC(=O)/C=C/c2ccc(O)cc2)cc1. The minimum atomic E-state index is -1.59. The first-order valence-corrected chi connectivity index (χ1v) is 21.7. The Balaban J connectivity index is 1.24. The second-order valence-corrected chi connectivity index (χ2v) is 15.5.